The van der Waals surface area contributed by atoms with E-state index in [4.69, 9.17) is 0 Å². The minimum absolute atomic E-state index is 0.923. The highest BCUT2D eigenvalue weighted by atomic mass is 127. The Bertz CT molecular complexity index is 51.4. The molecule has 0 amide bonds. The summed E-state index contributed by atoms with van der Waals surface area (Å²) < 4.78 is 34.9. The maximum Gasteiger partial charge on any atom is 0.401 e. The third-order valence-electron chi connectivity index (χ3n) is 0.267. The van der Waals surface area contributed by atoms with Crippen LogP contribution in [0.5, 0.6) is 0 Å². The van der Waals surface area contributed by atoms with Gasteiger partial charge in [-0.2, -0.15) is 13.2 Å². The first kappa shape index (κ1) is 7.48. The average molecular weight is 225 g/mol. The van der Waals surface area contributed by atoms with E-state index in [1.54, 1.807) is 0 Å². The molecule has 7 heavy (non-hydrogen) atoms. The van der Waals surface area contributed by atoms with E-state index in [0.717, 1.165) is 0 Å². The molecule has 0 aromatic carbocycles. The fourth-order valence-electron chi connectivity index (χ4n) is 0.0758. The Morgan fingerprint density at radius 2 is 1.86 bits per heavy atom. The fourth-order valence-corrected chi connectivity index (χ4v) is 0.508. The molecule has 1 N–H and O–H groups in total. The van der Waals surface area contributed by atoms with E-state index in [0.29, 0.717) is 0 Å². The standard InChI is InChI=1S/C2H3F3IN/c3-2(4,5)1-7-6/h7H,1H2. The van der Waals surface area contributed by atoms with Crippen molar-refractivity contribution in [1.82, 2.24) is 3.53 Å². The van der Waals surface area contributed by atoms with Gasteiger partial charge in [0, 0.05) is 22.9 Å². The molecule has 0 aliphatic carbocycles. The summed E-state index contributed by atoms with van der Waals surface area (Å²) in [6, 6.07) is 0. The zero-order valence-corrected chi connectivity index (χ0v) is 5.38. The molecule has 0 heterocycles. The highest BCUT2D eigenvalue weighted by Crippen LogP contribution is 2.12. The molecule has 0 aromatic heterocycles. The molecule has 0 fully saturated rings. The van der Waals surface area contributed by atoms with Gasteiger partial charge in [-0.15, -0.1) is 0 Å². The molecule has 0 aliphatic heterocycles. The lowest BCUT2D eigenvalue weighted by atomic mass is 10.7. The molecule has 0 atom stereocenters. The Kier molecular flexibility index (Phi) is 2.89. The van der Waals surface area contributed by atoms with Crippen molar-refractivity contribution in [3.8, 4) is 0 Å². The predicted octanol–water partition coefficient (Wildman–Crippen LogP) is 1.49. The topological polar surface area (TPSA) is 12.0 Å². The number of nitrogens with one attached hydrogen (secondary N) is 1. The van der Waals surface area contributed by atoms with Crippen LogP contribution in [0.25, 0.3) is 0 Å². The summed E-state index contributed by atoms with van der Waals surface area (Å²) in [5, 5.41) is 0. The van der Waals surface area contributed by atoms with E-state index in [9.17, 15) is 13.2 Å². The Hall–Kier alpha value is 0.480. The number of rotatable bonds is 1. The van der Waals surface area contributed by atoms with Gasteiger partial charge in [-0.1, -0.05) is 0 Å². The highest BCUT2D eigenvalue weighted by molar-refractivity contribution is 14.1. The van der Waals surface area contributed by atoms with Gasteiger partial charge in [-0.05, 0) is 0 Å². The Labute approximate surface area is 52.8 Å². The van der Waals surface area contributed by atoms with Gasteiger partial charge in [-0.25, -0.2) is 0 Å². The molecule has 0 spiro atoms. The maximum atomic E-state index is 11.0. The monoisotopic (exact) mass is 225 g/mol. The molecule has 0 saturated heterocycles. The van der Waals surface area contributed by atoms with Gasteiger partial charge in [0.05, 0.1) is 0 Å². The normalized spacial score (nSPS) is 12.0. The van der Waals surface area contributed by atoms with Crippen molar-refractivity contribution >= 4 is 22.9 Å². The van der Waals surface area contributed by atoms with Crippen LogP contribution in [0.15, 0.2) is 0 Å². The smallest absolute Gasteiger partial charge is 0.252 e. The van der Waals surface area contributed by atoms with Crippen LogP contribution < -0.4 is 3.53 Å². The van der Waals surface area contributed by atoms with Crippen LogP contribution in [-0.2, 0) is 0 Å². The van der Waals surface area contributed by atoms with E-state index in [2.05, 4.69) is 0 Å². The van der Waals surface area contributed by atoms with Crippen molar-refractivity contribution in [2.75, 3.05) is 6.54 Å². The number of hydrogen-bond donors (Lipinski definition) is 1. The molecule has 44 valence electrons. The molecule has 5 heteroatoms. The van der Waals surface area contributed by atoms with Crippen LogP contribution in [-0.4, -0.2) is 12.7 Å². The van der Waals surface area contributed by atoms with Gasteiger partial charge in [0.25, 0.3) is 0 Å². The maximum absolute atomic E-state index is 11.0. The predicted molar refractivity (Wildman–Crippen MR) is 28.1 cm³/mol. The molecule has 0 rings (SSSR count). The lowest BCUT2D eigenvalue weighted by Crippen LogP contribution is -2.21. The SMILES string of the molecule is FC(F)(F)CNI. The van der Waals surface area contributed by atoms with Crippen molar-refractivity contribution in [3.63, 3.8) is 0 Å². The van der Waals surface area contributed by atoms with Gasteiger partial charge in [0.1, 0.15) is 6.54 Å². The van der Waals surface area contributed by atoms with E-state index in [1.807, 2.05) is 3.53 Å². The first-order chi connectivity index (χ1) is 3.06. The second-order valence-electron chi connectivity index (χ2n) is 0.926. The van der Waals surface area contributed by atoms with E-state index in [1.165, 1.54) is 22.9 Å². The molecular formula is C2H3F3IN. The van der Waals surface area contributed by atoms with E-state index in [-0.39, 0.29) is 0 Å². The lowest BCUT2D eigenvalue weighted by molar-refractivity contribution is -0.120. The Morgan fingerprint density at radius 1 is 1.43 bits per heavy atom. The third kappa shape index (κ3) is 6.48. The second kappa shape index (κ2) is 2.71. The van der Waals surface area contributed by atoms with Crippen molar-refractivity contribution < 1.29 is 13.2 Å². The fraction of sp³-hybridized carbons (Fsp3) is 1.00. The summed E-state index contributed by atoms with van der Waals surface area (Å²) in [4.78, 5) is 0. The molecule has 0 aliphatic rings. The number of alkyl halides is 3. The van der Waals surface area contributed by atoms with E-state index >= 15 is 0 Å². The van der Waals surface area contributed by atoms with Crippen LogP contribution in [0.1, 0.15) is 0 Å². The minimum Gasteiger partial charge on any atom is -0.252 e. The largest absolute Gasteiger partial charge is 0.401 e. The Balaban J connectivity index is 3.15. The number of halogens is 4. The minimum atomic E-state index is -4.07. The van der Waals surface area contributed by atoms with Gasteiger partial charge >= 0.3 is 6.18 Å². The highest BCUT2D eigenvalue weighted by Gasteiger charge is 2.25. The summed E-state index contributed by atoms with van der Waals surface area (Å²) in [6.45, 7) is -0.923. The van der Waals surface area contributed by atoms with Gasteiger partial charge < -0.3 is 0 Å². The zero-order chi connectivity index (χ0) is 5.91. The molecule has 0 saturated carbocycles. The second-order valence-corrected chi connectivity index (χ2v) is 1.69. The molecule has 0 bridgehead atoms. The quantitative estimate of drug-likeness (QED) is 0.526. The summed E-state index contributed by atoms with van der Waals surface area (Å²) in [6.07, 6.45) is -4.07. The average Bonchev–Trinajstić information content (AvgIpc) is 1.30. The molecule has 0 aromatic rings. The molecular weight excluding hydrogens is 222 g/mol. The molecule has 0 unspecified atom stereocenters. The van der Waals surface area contributed by atoms with Crippen molar-refractivity contribution in [2.24, 2.45) is 0 Å². The van der Waals surface area contributed by atoms with Gasteiger partial charge in [0.15, 0.2) is 0 Å². The molecule has 1 nitrogen and oxygen atoms in total. The zero-order valence-electron chi connectivity index (χ0n) is 3.22. The van der Waals surface area contributed by atoms with Crippen molar-refractivity contribution in [2.45, 2.75) is 6.18 Å². The third-order valence-corrected chi connectivity index (χ3v) is 0.649. The van der Waals surface area contributed by atoms with Crippen molar-refractivity contribution in [1.29, 1.82) is 0 Å². The molecule has 0 radical (unpaired) electrons. The summed E-state index contributed by atoms with van der Waals surface area (Å²) >= 11 is 1.44. The van der Waals surface area contributed by atoms with Gasteiger partial charge in [0.2, 0.25) is 0 Å². The first-order valence-corrected chi connectivity index (χ1v) is 2.54. The number of hydrogen-bond acceptors (Lipinski definition) is 1. The van der Waals surface area contributed by atoms with Crippen LogP contribution >= 0.6 is 22.9 Å². The van der Waals surface area contributed by atoms with Crippen LogP contribution in [0.3, 0.4) is 0 Å². The van der Waals surface area contributed by atoms with Crippen LogP contribution in [0.4, 0.5) is 13.2 Å². The van der Waals surface area contributed by atoms with Crippen LogP contribution in [0.2, 0.25) is 0 Å². The Morgan fingerprint density at radius 3 is 1.86 bits per heavy atom. The van der Waals surface area contributed by atoms with Crippen LogP contribution in [0, 0.1) is 0 Å². The summed E-state index contributed by atoms with van der Waals surface area (Å²) in [5.74, 6) is 0. The first-order valence-electron chi connectivity index (χ1n) is 1.46. The lowest BCUT2D eigenvalue weighted by Gasteiger charge is -2.00. The van der Waals surface area contributed by atoms with Gasteiger partial charge in [-0.3, -0.25) is 3.53 Å². The van der Waals surface area contributed by atoms with E-state index < -0.39 is 12.7 Å². The summed E-state index contributed by atoms with van der Waals surface area (Å²) in [5.41, 5.74) is 0. The van der Waals surface area contributed by atoms with Crippen molar-refractivity contribution in [3.05, 3.63) is 0 Å². The summed E-state index contributed by atoms with van der Waals surface area (Å²) in [7, 11) is 0.